The molecular formula is C18H16F6N2O2S. The number of alkyl halides is 6. The number of hydrogen-bond acceptors (Lipinski definition) is 3. The molecule has 158 valence electrons. The predicted octanol–water partition coefficient (Wildman–Crippen LogP) is 4.20. The zero-order valence-corrected chi connectivity index (χ0v) is 15.8. The fraction of sp³-hybridized carbons (Fsp3) is 0.333. The minimum atomic E-state index is -4.92. The third kappa shape index (κ3) is 4.50. The summed E-state index contributed by atoms with van der Waals surface area (Å²) >= 11 is 0. The molecule has 1 heterocycles. The van der Waals surface area contributed by atoms with Crippen LogP contribution in [0.1, 0.15) is 22.3 Å². The quantitative estimate of drug-likeness (QED) is 0.729. The van der Waals surface area contributed by atoms with Gasteiger partial charge in [0.25, 0.3) is 0 Å². The molecule has 0 saturated heterocycles. The van der Waals surface area contributed by atoms with E-state index in [1.807, 2.05) is 0 Å². The van der Waals surface area contributed by atoms with Crippen molar-refractivity contribution in [2.24, 2.45) is 0 Å². The van der Waals surface area contributed by atoms with Crippen LogP contribution in [-0.4, -0.2) is 22.0 Å². The molecular weight excluding hydrogens is 422 g/mol. The Kier molecular flexibility index (Phi) is 5.33. The van der Waals surface area contributed by atoms with Crippen LogP contribution in [-0.2, 0) is 35.3 Å². The fourth-order valence-corrected chi connectivity index (χ4v) is 3.96. The Balaban J connectivity index is 1.99. The van der Waals surface area contributed by atoms with E-state index in [1.54, 1.807) is 11.0 Å². The third-order valence-electron chi connectivity index (χ3n) is 4.65. The van der Waals surface area contributed by atoms with Crippen molar-refractivity contribution in [3.63, 3.8) is 0 Å². The smallest absolute Gasteiger partial charge is 0.367 e. The molecule has 0 bridgehead atoms. The molecule has 1 aliphatic rings. The lowest BCUT2D eigenvalue weighted by Crippen LogP contribution is -2.22. The van der Waals surface area contributed by atoms with Gasteiger partial charge in [-0.25, -0.2) is 13.1 Å². The molecule has 4 nitrogen and oxygen atoms in total. The van der Waals surface area contributed by atoms with E-state index in [1.165, 1.54) is 19.2 Å². The minimum Gasteiger partial charge on any atom is -0.367 e. The van der Waals surface area contributed by atoms with Crippen LogP contribution in [0.15, 0.2) is 41.3 Å². The number of nitrogens with one attached hydrogen (secondary N) is 1. The van der Waals surface area contributed by atoms with E-state index >= 15 is 0 Å². The van der Waals surface area contributed by atoms with Gasteiger partial charge in [0.15, 0.2) is 0 Å². The van der Waals surface area contributed by atoms with Crippen LogP contribution in [0.2, 0.25) is 0 Å². The Morgan fingerprint density at radius 1 is 0.966 bits per heavy atom. The molecule has 2 aromatic carbocycles. The van der Waals surface area contributed by atoms with Crippen LogP contribution in [0.4, 0.5) is 32.0 Å². The first-order valence-corrected chi connectivity index (χ1v) is 9.89. The number of benzene rings is 2. The molecule has 2 aromatic rings. The molecule has 0 radical (unpaired) electrons. The maximum absolute atomic E-state index is 13.1. The zero-order chi connectivity index (χ0) is 21.6. The first-order chi connectivity index (χ1) is 13.3. The van der Waals surface area contributed by atoms with Gasteiger partial charge < -0.3 is 4.90 Å². The highest BCUT2D eigenvalue weighted by atomic mass is 32.2. The molecule has 0 spiro atoms. The highest BCUT2D eigenvalue weighted by Gasteiger charge is 2.37. The Morgan fingerprint density at radius 3 is 2.07 bits per heavy atom. The van der Waals surface area contributed by atoms with E-state index in [2.05, 4.69) is 4.72 Å². The molecule has 0 amide bonds. The monoisotopic (exact) mass is 438 g/mol. The summed E-state index contributed by atoms with van der Waals surface area (Å²) in [6, 6.07) is 5.81. The summed E-state index contributed by atoms with van der Waals surface area (Å²) in [6.45, 7) is 0.124. The summed E-state index contributed by atoms with van der Waals surface area (Å²) in [5, 5.41) is 0. The van der Waals surface area contributed by atoms with Crippen molar-refractivity contribution in [1.29, 1.82) is 0 Å². The summed E-state index contributed by atoms with van der Waals surface area (Å²) in [5.41, 5.74) is -1.70. The summed E-state index contributed by atoms with van der Waals surface area (Å²) in [5.74, 6) is 0. The van der Waals surface area contributed by atoms with Crippen LogP contribution >= 0.6 is 0 Å². The number of sulfonamides is 1. The zero-order valence-electron chi connectivity index (χ0n) is 15.0. The van der Waals surface area contributed by atoms with Crippen molar-refractivity contribution in [1.82, 2.24) is 4.72 Å². The number of nitrogens with zero attached hydrogens (tertiary/aromatic N) is 1. The normalized spacial score (nSPS) is 14.9. The molecule has 0 aromatic heterocycles. The lowest BCUT2D eigenvalue weighted by atomic mass is 10.0. The largest absolute Gasteiger partial charge is 0.416 e. The van der Waals surface area contributed by atoms with Gasteiger partial charge in [-0.05, 0) is 54.9 Å². The Hall–Kier alpha value is -2.27. The number of halogens is 6. The highest BCUT2D eigenvalue weighted by Crippen LogP contribution is 2.38. The van der Waals surface area contributed by atoms with Gasteiger partial charge >= 0.3 is 12.4 Å². The molecule has 0 atom stereocenters. The average Bonchev–Trinajstić information content (AvgIpc) is 3.02. The van der Waals surface area contributed by atoms with Crippen LogP contribution in [0.3, 0.4) is 0 Å². The first kappa shape index (κ1) is 21.4. The van der Waals surface area contributed by atoms with Gasteiger partial charge in [-0.1, -0.05) is 6.07 Å². The Labute approximate surface area is 163 Å². The van der Waals surface area contributed by atoms with Gasteiger partial charge in [0.05, 0.1) is 16.0 Å². The maximum Gasteiger partial charge on any atom is 0.416 e. The number of hydrogen-bond donors (Lipinski definition) is 1. The second-order valence-corrected chi connectivity index (χ2v) is 8.47. The molecule has 11 heteroatoms. The lowest BCUT2D eigenvalue weighted by Gasteiger charge is -2.22. The fourth-order valence-electron chi connectivity index (χ4n) is 3.21. The van der Waals surface area contributed by atoms with E-state index in [4.69, 9.17) is 0 Å². The molecule has 1 aliphatic heterocycles. The summed E-state index contributed by atoms with van der Waals surface area (Å²) in [4.78, 5) is 1.53. The van der Waals surface area contributed by atoms with Gasteiger partial charge in [0.2, 0.25) is 10.0 Å². The minimum absolute atomic E-state index is 0.0364. The van der Waals surface area contributed by atoms with Gasteiger partial charge in [-0.15, -0.1) is 0 Å². The van der Waals surface area contributed by atoms with Crippen molar-refractivity contribution < 1.29 is 34.8 Å². The summed E-state index contributed by atoms with van der Waals surface area (Å²) < 4.78 is 105. The van der Waals surface area contributed by atoms with E-state index in [-0.39, 0.29) is 23.1 Å². The van der Waals surface area contributed by atoms with Crippen molar-refractivity contribution in [3.05, 3.63) is 58.7 Å². The van der Waals surface area contributed by atoms with E-state index in [0.29, 0.717) is 30.8 Å². The first-order valence-electron chi connectivity index (χ1n) is 8.41. The number of rotatable bonds is 4. The molecule has 0 unspecified atom stereocenters. The second kappa shape index (κ2) is 7.21. The van der Waals surface area contributed by atoms with Gasteiger partial charge in [-0.3, -0.25) is 0 Å². The third-order valence-corrected chi connectivity index (χ3v) is 6.06. The van der Waals surface area contributed by atoms with Gasteiger partial charge in [0.1, 0.15) is 0 Å². The van der Waals surface area contributed by atoms with Crippen LogP contribution in [0, 0.1) is 0 Å². The number of anilines is 1. The Morgan fingerprint density at radius 2 is 1.55 bits per heavy atom. The van der Waals surface area contributed by atoms with Gasteiger partial charge in [-0.2, -0.15) is 26.3 Å². The van der Waals surface area contributed by atoms with Crippen LogP contribution in [0.5, 0.6) is 0 Å². The topological polar surface area (TPSA) is 49.4 Å². The molecule has 3 rings (SSSR count). The summed E-state index contributed by atoms with van der Waals surface area (Å²) in [7, 11) is -2.50. The van der Waals surface area contributed by atoms with Crippen molar-refractivity contribution in [3.8, 4) is 0 Å². The highest BCUT2D eigenvalue weighted by molar-refractivity contribution is 7.89. The number of fused-ring (bicyclic) bond motifs is 1. The SMILES string of the molecule is CNS(=O)(=O)c1ccc2c(c1)N(Cc1cc(C(F)(F)F)cc(C(F)(F)F)c1)CC2. The van der Waals surface area contributed by atoms with E-state index < -0.39 is 33.5 Å². The molecule has 0 fully saturated rings. The van der Waals surface area contributed by atoms with Gasteiger partial charge in [0, 0.05) is 18.8 Å². The van der Waals surface area contributed by atoms with Crippen molar-refractivity contribution in [2.75, 3.05) is 18.5 Å². The van der Waals surface area contributed by atoms with E-state index in [0.717, 1.165) is 5.56 Å². The molecule has 0 saturated carbocycles. The Bertz CT molecular complexity index is 999. The molecule has 1 N–H and O–H groups in total. The van der Waals surface area contributed by atoms with Crippen molar-refractivity contribution in [2.45, 2.75) is 30.2 Å². The van der Waals surface area contributed by atoms with Crippen LogP contribution in [0.25, 0.3) is 0 Å². The van der Waals surface area contributed by atoms with Crippen molar-refractivity contribution >= 4 is 15.7 Å². The van der Waals surface area contributed by atoms with E-state index in [9.17, 15) is 34.8 Å². The molecule has 0 aliphatic carbocycles. The average molecular weight is 438 g/mol. The molecule has 29 heavy (non-hydrogen) atoms. The predicted molar refractivity (Wildman–Crippen MR) is 93.9 cm³/mol. The summed E-state index contributed by atoms with van der Waals surface area (Å²) in [6.07, 6.45) is -9.35. The lowest BCUT2D eigenvalue weighted by molar-refractivity contribution is -0.143. The maximum atomic E-state index is 13.1. The standard InChI is InChI=1S/C18H16F6N2O2S/c1-25-29(27,28)15-3-2-12-4-5-26(16(12)9-15)10-11-6-13(17(19,20)21)8-14(7-11)18(22,23)24/h2-3,6-9,25H,4-5,10H2,1H3. The van der Waals surface area contributed by atoms with Crippen LogP contribution < -0.4 is 9.62 Å². The second-order valence-electron chi connectivity index (χ2n) is 6.58.